The van der Waals surface area contributed by atoms with E-state index in [9.17, 15) is 0 Å². The molecule has 1 atom stereocenters. The number of ether oxygens (including phenoxy) is 1. The summed E-state index contributed by atoms with van der Waals surface area (Å²) >= 11 is 0. The summed E-state index contributed by atoms with van der Waals surface area (Å²) in [6.07, 6.45) is 0.171. The van der Waals surface area contributed by atoms with E-state index in [1.54, 1.807) is 0 Å². The maximum Gasteiger partial charge on any atom is 0.0949 e. The Kier molecular flexibility index (Phi) is 6.12. The molecule has 0 bridgehead atoms. The molecule has 1 aromatic carbocycles. The van der Waals surface area contributed by atoms with Gasteiger partial charge in [0.15, 0.2) is 0 Å². The van der Waals surface area contributed by atoms with Crippen molar-refractivity contribution in [3.63, 3.8) is 0 Å². The molecule has 0 heterocycles. The zero-order chi connectivity index (χ0) is 11.8. The van der Waals surface area contributed by atoms with E-state index in [1.807, 2.05) is 13.0 Å². The predicted octanol–water partition coefficient (Wildman–Crippen LogP) is 3.01. The largest absolute Gasteiger partial charge is 0.372 e. The molecule has 0 fully saturated rings. The van der Waals surface area contributed by atoms with Crippen molar-refractivity contribution in [3.8, 4) is 0 Å². The summed E-state index contributed by atoms with van der Waals surface area (Å²) in [7, 11) is 0. The third-order valence-electron chi connectivity index (χ3n) is 2.42. The second-order valence-electron chi connectivity index (χ2n) is 4.41. The first-order valence-electron chi connectivity index (χ1n) is 6.11. The van der Waals surface area contributed by atoms with Gasteiger partial charge in [-0.3, -0.25) is 0 Å². The van der Waals surface area contributed by atoms with Crippen LogP contribution in [0.4, 0.5) is 0 Å². The number of rotatable bonds is 7. The Balaban J connectivity index is 2.48. The van der Waals surface area contributed by atoms with Crippen molar-refractivity contribution in [3.05, 3.63) is 35.9 Å². The molecule has 0 saturated heterocycles. The summed E-state index contributed by atoms with van der Waals surface area (Å²) in [5, 5.41) is 3.44. The number of benzene rings is 1. The van der Waals surface area contributed by atoms with Crippen LogP contribution in [0.25, 0.3) is 0 Å². The normalized spacial score (nSPS) is 13.0. The fraction of sp³-hybridized carbons (Fsp3) is 0.571. The summed E-state index contributed by atoms with van der Waals surface area (Å²) in [5.41, 5.74) is 1.25. The molecule has 90 valence electrons. The predicted molar refractivity (Wildman–Crippen MR) is 68.5 cm³/mol. The third kappa shape index (κ3) is 4.77. The first-order chi connectivity index (χ1) is 7.74. The van der Waals surface area contributed by atoms with Crippen LogP contribution in [0.15, 0.2) is 30.3 Å². The lowest BCUT2D eigenvalue weighted by Gasteiger charge is -2.18. The van der Waals surface area contributed by atoms with Crippen molar-refractivity contribution in [2.75, 3.05) is 19.7 Å². The average Bonchev–Trinajstić information content (AvgIpc) is 2.29. The summed E-state index contributed by atoms with van der Waals surface area (Å²) in [5.74, 6) is 0.679. The Labute approximate surface area is 99.0 Å². The molecule has 16 heavy (non-hydrogen) atoms. The molecular weight excluding hydrogens is 198 g/mol. The second kappa shape index (κ2) is 7.42. The van der Waals surface area contributed by atoms with Crippen molar-refractivity contribution in [1.29, 1.82) is 0 Å². The summed E-state index contributed by atoms with van der Waals surface area (Å²) in [6, 6.07) is 10.4. The molecule has 0 aromatic heterocycles. The van der Waals surface area contributed by atoms with Gasteiger partial charge in [0, 0.05) is 13.2 Å². The fourth-order valence-electron chi connectivity index (χ4n) is 1.64. The van der Waals surface area contributed by atoms with Gasteiger partial charge in [0.2, 0.25) is 0 Å². The van der Waals surface area contributed by atoms with Crippen LogP contribution in [-0.4, -0.2) is 19.7 Å². The Hall–Kier alpha value is -0.860. The summed E-state index contributed by atoms with van der Waals surface area (Å²) in [6.45, 7) is 9.14. The summed E-state index contributed by atoms with van der Waals surface area (Å²) < 4.78 is 5.75. The van der Waals surface area contributed by atoms with Crippen LogP contribution in [0.1, 0.15) is 32.4 Å². The minimum Gasteiger partial charge on any atom is -0.372 e. The van der Waals surface area contributed by atoms with Crippen LogP contribution >= 0.6 is 0 Å². The van der Waals surface area contributed by atoms with Gasteiger partial charge in [-0.05, 0) is 24.9 Å². The SMILES string of the molecule is CCOC(CNCC(C)C)c1ccccc1. The van der Waals surface area contributed by atoms with Gasteiger partial charge >= 0.3 is 0 Å². The maximum atomic E-state index is 5.75. The minimum absolute atomic E-state index is 0.171. The van der Waals surface area contributed by atoms with Gasteiger partial charge < -0.3 is 10.1 Å². The molecule has 2 nitrogen and oxygen atoms in total. The van der Waals surface area contributed by atoms with E-state index in [-0.39, 0.29) is 6.10 Å². The van der Waals surface area contributed by atoms with E-state index < -0.39 is 0 Å². The highest BCUT2D eigenvalue weighted by atomic mass is 16.5. The third-order valence-corrected chi connectivity index (χ3v) is 2.42. The van der Waals surface area contributed by atoms with E-state index in [0.29, 0.717) is 5.92 Å². The van der Waals surface area contributed by atoms with Crippen LogP contribution in [0.3, 0.4) is 0 Å². The smallest absolute Gasteiger partial charge is 0.0949 e. The van der Waals surface area contributed by atoms with Crippen LogP contribution < -0.4 is 5.32 Å². The zero-order valence-corrected chi connectivity index (χ0v) is 10.6. The Bertz CT molecular complexity index is 271. The first-order valence-corrected chi connectivity index (χ1v) is 6.11. The molecule has 0 amide bonds. The minimum atomic E-state index is 0.171. The molecule has 1 N–H and O–H groups in total. The summed E-state index contributed by atoms with van der Waals surface area (Å²) in [4.78, 5) is 0. The fourth-order valence-corrected chi connectivity index (χ4v) is 1.64. The number of nitrogens with one attached hydrogen (secondary N) is 1. The van der Waals surface area contributed by atoms with E-state index in [1.165, 1.54) is 5.56 Å². The molecule has 0 aliphatic carbocycles. The van der Waals surface area contributed by atoms with Crippen molar-refractivity contribution < 1.29 is 4.74 Å². The van der Waals surface area contributed by atoms with E-state index >= 15 is 0 Å². The highest BCUT2D eigenvalue weighted by Crippen LogP contribution is 2.15. The molecule has 2 heteroatoms. The Morgan fingerprint density at radius 1 is 1.12 bits per heavy atom. The monoisotopic (exact) mass is 221 g/mol. The van der Waals surface area contributed by atoms with Gasteiger partial charge in [-0.25, -0.2) is 0 Å². The number of hydrogen-bond donors (Lipinski definition) is 1. The lowest BCUT2D eigenvalue weighted by molar-refractivity contribution is 0.0619. The molecule has 1 aromatic rings. The van der Waals surface area contributed by atoms with E-state index in [4.69, 9.17) is 4.74 Å². The van der Waals surface area contributed by atoms with Crippen LogP contribution in [0.2, 0.25) is 0 Å². The van der Waals surface area contributed by atoms with Crippen molar-refractivity contribution in [2.45, 2.75) is 26.9 Å². The van der Waals surface area contributed by atoms with Crippen LogP contribution in [0, 0.1) is 5.92 Å². The van der Waals surface area contributed by atoms with Gasteiger partial charge in [-0.2, -0.15) is 0 Å². The highest BCUT2D eigenvalue weighted by Gasteiger charge is 2.10. The lowest BCUT2D eigenvalue weighted by atomic mass is 10.1. The molecule has 0 spiro atoms. The van der Waals surface area contributed by atoms with Gasteiger partial charge in [0.25, 0.3) is 0 Å². The second-order valence-corrected chi connectivity index (χ2v) is 4.41. The highest BCUT2D eigenvalue weighted by molar-refractivity contribution is 5.17. The van der Waals surface area contributed by atoms with Gasteiger partial charge in [-0.1, -0.05) is 44.2 Å². The molecule has 0 radical (unpaired) electrons. The van der Waals surface area contributed by atoms with Crippen LogP contribution in [0.5, 0.6) is 0 Å². The van der Waals surface area contributed by atoms with Crippen molar-refractivity contribution in [1.82, 2.24) is 5.32 Å². The average molecular weight is 221 g/mol. The Morgan fingerprint density at radius 3 is 2.38 bits per heavy atom. The molecule has 1 unspecified atom stereocenters. The van der Waals surface area contributed by atoms with Crippen molar-refractivity contribution in [2.24, 2.45) is 5.92 Å². The van der Waals surface area contributed by atoms with Crippen LogP contribution in [-0.2, 0) is 4.74 Å². The quantitative estimate of drug-likeness (QED) is 0.764. The van der Waals surface area contributed by atoms with E-state index in [2.05, 4.69) is 43.4 Å². The van der Waals surface area contributed by atoms with Gasteiger partial charge in [-0.15, -0.1) is 0 Å². The molecular formula is C14H23NO. The molecule has 0 saturated carbocycles. The molecule has 1 rings (SSSR count). The molecule has 0 aliphatic rings. The van der Waals surface area contributed by atoms with E-state index in [0.717, 1.165) is 19.7 Å². The topological polar surface area (TPSA) is 21.3 Å². The standard InChI is InChI=1S/C14H23NO/c1-4-16-14(11-15-10-12(2)3)13-8-6-5-7-9-13/h5-9,12,14-15H,4,10-11H2,1-3H3. The molecule has 0 aliphatic heterocycles. The van der Waals surface area contributed by atoms with Gasteiger partial charge in [0.1, 0.15) is 0 Å². The lowest BCUT2D eigenvalue weighted by Crippen LogP contribution is -2.26. The first kappa shape index (κ1) is 13.2. The van der Waals surface area contributed by atoms with Crippen molar-refractivity contribution >= 4 is 0 Å². The Morgan fingerprint density at radius 2 is 1.81 bits per heavy atom. The maximum absolute atomic E-state index is 5.75. The number of hydrogen-bond acceptors (Lipinski definition) is 2. The zero-order valence-electron chi connectivity index (χ0n) is 10.6. The van der Waals surface area contributed by atoms with Gasteiger partial charge in [0.05, 0.1) is 6.10 Å².